The van der Waals surface area contributed by atoms with Crippen molar-refractivity contribution in [2.45, 2.75) is 25.3 Å². The van der Waals surface area contributed by atoms with Crippen LogP contribution in [0.3, 0.4) is 0 Å². The van der Waals surface area contributed by atoms with Crippen molar-refractivity contribution < 1.29 is 0 Å². The molecule has 156 valence electrons. The summed E-state index contributed by atoms with van der Waals surface area (Å²) in [6.45, 7) is 3.28. The minimum Gasteiger partial charge on any atom is -0.337 e. The van der Waals surface area contributed by atoms with Gasteiger partial charge in [-0.15, -0.1) is 0 Å². The highest BCUT2D eigenvalue weighted by atomic mass is 15.1. The van der Waals surface area contributed by atoms with Gasteiger partial charge in [-0.05, 0) is 43.6 Å². The first kappa shape index (κ1) is 19.7. The standard InChI is InChI=1S/C27H28N4/c1-30-20-26(24-12-13-25(28-18-24)22-10-6-3-7-11-22)29-27(30)23-14-16-31(17-15-23)19-21-8-4-2-5-9-21/h2-13,18,20,23H,14-17,19H2,1H3. The van der Waals surface area contributed by atoms with Crippen LogP contribution in [0.2, 0.25) is 0 Å². The largest absolute Gasteiger partial charge is 0.337 e. The van der Waals surface area contributed by atoms with Gasteiger partial charge in [0.1, 0.15) is 5.82 Å². The fourth-order valence-corrected chi connectivity index (χ4v) is 4.52. The number of pyridine rings is 1. The van der Waals surface area contributed by atoms with E-state index in [9.17, 15) is 0 Å². The smallest absolute Gasteiger partial charge is 0.112 e. The van der Waals surface area contributed by atoms with E-state index in [4.69, 9.17) is 4.98 Å². The highest BCUT2D eigenvalue weighted by Crippen LogP contribution is 2.30. The minimum absolute atomic E-state index is 0.516. The number of piperidine rings is 1. The van der Waals surface area contributed by atoms with Gasteiger partial charge in [-0.2, -0.15) is 0 Å². The highest BCUT2D eigenvalue weighted by Gasteiger charge is 2.24. The van der Waals surface area contributed by atoms with E-state index < -0.39 is 0 Å². The van der Waals surface area contributed by atoms with Crippen LogP contribution in [0.1, 0.15) is 30.1 Å². The summed E-state index contributed by atoms with van der Waals surface area (Å²) in [4.78, 5) is 12.2. The van der Waals surface area contributed by atoms with Crippen LogP contribution in [-0.4, -0.2) is 32.5 Å². The first-order valence-corrected chi connectivity index (χ1v) is 11.1. The van der Waals surface area contributed by atoms with Gasteiger partial charge in [0.15, 0.2) is 0 Å². The van der Waals surface area contributed by atoms with E-state index in [-0.39, 0.29) is 0 Å². The predicted molar refractivity (Wildman–Crippen MR) is 126 cm³/mol. The summed E-state index contributed by atoms with van der Waals surface area (Å²) in [5, 5.41) is 0. The molecule has 0 amide bonds. The van der Waals surface area contributed by atoms with Crippen LogP contribution in [0, 0.1) is 0 Å². The van der Waals surface area contributed by atoms with Gasteiger partial charge in [0, 0.05) is 43.0 Å². The summed E-state index contributed by atoms with van der Waals surface area (Å²) in [5.41, 5.74) is 5.61. The first-order chi connectivity index (χ1) is 15.3. The molecule has 1 fully saturated rings. The van der Waals surface area contributed by atoms with E-state index in [2.05, 4.69) is 82.3 Å². The van der Waals surface area contributed by atoms with E-state index in [1.807, 2.05) is 24.4 Å². The zero-order valence-electron chi connectivity index (χ0n) is 18.0. The SMILES string of the molecule is Cn1cc(-c2ccc(-c3ccccc3)nc2)nc1C1CCN(Cc2ccccc2)CC1. The lowest BCUT2D eigenvalue weighted by atomic mass is 9.95. The van der Waals surface area contributed by atoms with Gasteiger partial charge in [-0.25, -0.2) is 4.98 Å². The number of imidazole rings is 1. The molecule has 2 aromatic heterocycles. The summed E-state index contributed by atoms with van der Waals surface area (Å²) in [6, 6.07) is 25.3. The number of likely N-dealkylation sites (tertiary alicyclic amines) is 1. The molecule has 1 aliphatic heterocycles. The monoisotopic (exact) mass is 408 g/mol. The lowest BCUT2D eigenvalue weighted by Gasteiger charge is -2.31. The number of hydrogen-bond acceptors (Lipinski definition) is 3. The lowest BCUT2D eigenvalue weighted by molar-refractivity contribution is 0.200. The van der Waals surface area contributed by atoms with Crippen LogP contribution in [0.4, 0.5) is 0 Å². The zero-order valence-corrected chi connectivity index (χ0v) is 18.0. The van der Waals surface area contributed by atoms with Crippen molar-refractivity contribution in [1.82, 2.24) is 19.4 Å². The van der Waals surface area contributed by atoms with E-state index >= 15 is 0 Å². The third-order valence-electron chi connectivity index (χ3n) is 6.24. The average molecular weight is 409 g/mol. The molecule has 4 nitrogen and oxygen atoms in total. The molecule has 4 heteroatoms. The molecule has 0 aliphatic carbocycles. The normalized spacial score (nSPS) is 15.3. The molecule has 0 atom stereocenters. The van der Waals surface area contributed by atoms with Gasteiger partial charge in [0.2, 0.25) is 0 Å². The van der Waals surface area contributed by atoms with Crippen LogP contribution in [0.15, 0.2) is 85.2 Å². The molecule has 1 saturated heterocycles. The Bertz CT molecular complexity index is 1110. The van der Waals surface area contributed by atoms with Crippen molar-refractivity contribution in [3.63, 3.8) is 0 Å². The molecule has 3 heterocycles. The molecule has 5 rings (SSSR count). The molecule has 31 heavy (non-hydrogen) atoms. The molecule has 0 N–H and O–H groups in total. The van der Waals surface area contributed by atoms with Gasteiger partial charge in [-0.1, -0.05) is 60.7 Å². The van der Waals surface area contributed by atoms with Crippen molar-refractivity contribution in [2.24, 2.45) is 7.05 Å². The molecule has 0 spiro atoms. The highest BCUT2D eigenvalue weighted by molar-refractivity contribution is 5.64. The van der Waals surface area contributed by atoms with Gasteiger partial charge >= 0.3 is 0 Å². The predicted octanol–water partition coefficient (Wildman–Crippen LogP) is 5.53. The fraction of sp³-hybridized carbons (Fsp3) is 0.259. The Labute approximate surface area is 184 Å². The van der Waals surface area contributed by atoms with Gasteiger partial charge in [-0.3, -0.25) is 9.88 Å². The maximum Gasteiger partial charge on any atom is 0.112 e. The van der Waals surface area contributed by atoms with Crippen LogP contribution < -0.4 is 0 Å². The molecule has 0 radical (unpaired) electrons. The molecular weight excluding hydrogens is 380 g/mol. The summed E-state index contributed by atoms with van der Waals surface area (Å²) in [6.07, 6.45) is 6.40. The quantitative estimate of drug-likeness (QED) is 0.435. The molecule has 1 aliphatic rings. The van der Waals surface area contributed by atoms with Gasteiger partial charge < -0.3 is 4.57 Å². The number of aromatic nitrogens is 3. The maximum atomic E-state index is 5.02. The Kier molecular flexibility index (Phi) is 5.63. The topological polar surface area (TPSA) is 34.0 Å². The Hall–Kier alpha value is -3.24. The molecule has 0 unspecified atom stereocenters. The molecule has 4 aromatic rings. The van der Waals surface area contributed by atoms with Crippen molar-refractivity contribution in [2.75, 3.05) is 13.1 Å². The summed E-state index contributed by atoms with van der Waals surface area (Å²) < 4.78 is 2.21. The van der Waals surface area contributed by atoms with Gasteiger partial charge in [0.25, 0.3) is 0 Å². The Morgan fingerprint density at radius 2 is 1.52 bits per heavy atom. The third-order valence-corrected chi connectivity index (χ3v) is 6.24. The van der Waals surface area contributed by atoms with Crippen LogP contribution in [0.5, 0.6) is 0 Å². The summed E-state index contributed by atoms with van der Waals surface area (Å²) in [5.74, 6) is 1.71. The van der Waals surface area contributed by atoms with Crippen LogP contribution in [-0.2, 0) is 13.6 Å². The molecule has 0 bridgehead atoms. The average Bonchev–Trinajstić information content (AvgIpc) is 3.22. The number of hydrogen-bond donors (Lipinski definition) is 0. The number of benzene rings is 2. The molecule has 2 aromatic carbocycles. The number of rotatable bonds is 5. The van der Waals surface area contributed by atoms with Crippen LogP contribution >= 0.6 is 0 Å². The summed E-state index contributed by atoms with van der Waals surface area (Å²) >= 11 is 0. The van der Waals surface area contributed by atoms with E-state index in [0.717, 1.165) is 55.0 Å². The fourth-order valence-electron chi connectivity index (χ4n) is 4.52. The van der Waals surface area contributed by atoms with Crippen LogP contribution in [0.25, 0.3) is 22.5 Å². The Morgan fingerprint density at radius 1 is 0.806 bits per heavy atom. The Balaban J connectivity index is 1.26. The van der Waals surface area contributed by atoms with Crippen molar-refractivity contribution in [1.29, 1.82) is 0 Å². The van der Waals surface area contributed by atoms with Crippen molar-refractivity contribution in [3.05, 3.63) is 96.6 Å². The third kappa shape index (κ3) is 4.44. The zero-order chi connectivity index (χ0) is 21.0. The number of aryl methyl sites for hydroxylation is 1. The van der Waals surface area contributed by atoms with Crippen molar-refractivity contribution >= 4 is 0 Å². The van der Waals surface area contributed by atoms with E-state index in [1.54, 1.807) is 0 Å². The molecule has 0 saturated carbocycles. The Morgan fingerprint density at radius 3 is 2.19 bits per heavy atom. The second kappa shape index (κ2) is 8.86. The second-order valence-electron chi connectivity index (χ2n) is 8.43. The number of nitrogens with zero attached hydrogens (tertiary/aromatic N) is 4. The second-order valence-corrected chi connectivity index (χ2v) is 8.43. The van der Waals surface area contributed by atoms with Crippen molar-refractivity contribution in [3.8, 4) is 22.5 Å². The minimum atomic E-state index is 0.516. The van der Waals surface area contributed by atoms with E-state index in [1.165, 1.54) is 11.4 Å². The summed E-state index contributed by atoms with van der Waals surface area (Å²) in [7, 11) is 2.12. The lowest BCUT2D eigenvalue weighted by Crippen LogP contribution is -2.33. The van der Waals surface area contributed by atoms with Gasteiger partial charge in [0.05, 0.1) is 11.4 Å². The van der Waals surface area contributed by atoms with E-state index in [0.29, 0.717) is 5.92 Å². The molecular formula is C27H28N4. The first-order valence-electron chi connectivity index (χ1n) is 11.1. The maximum absolute atomic E-state index is 5.02.